The van der Waals surface area contributed by atoms with Crippen LogP contribution in [0.15, 0.2) is 66.9 Å². The summed E-state index contributed by atoms with van der Waals surface area (Å²) in [6.45, 7) is 0.575. The Kier molecular flexibility index (Phi) is 4.50. The fraction of sp³-hybridized carbons (Fsp3) is 0.143. The van der Waals surface area contributed by atoms with E-state index in [0.29, 0.717) is 12.2 Å². The number of carbonyl (C=O) groups excluding carboxylic acids is 1. The highest BCUT2D eigenvalue weighted by atomic mass is 19.4. The van der Waals surface area contributed by atoms with Crippen molar-refractivity contribution in [1.82, 2.24) is 4.98 Å². The zero-order valence-electron chi connectivity index (χ0n) is 14.7. The van der Waals surface area contributed by atoms with Gasteiger partial charge in [-0.2, -0.15) is 13.2 Å². The van der Waals surface area contributed by atoms with Gasteiger partial charge in [0.1, 0.15) is 5.69 Å². The second-order valence-corrected chi connectivity index (χ2v) is 6.47. The normalized spacial score (nSPS) is 13.3. The number of pyridine rings is 1. The molecule has 0 radical (unpaired) electrons. The third kappa shape index (κ3) is 3.55. The van der Waals surface area contributed by atoms with Gasteiger partial charge in [-0.1, -0.05) is 24.3 Å². The molecule has 0 unspecified atom stereocenters. The molecule has 4 nitrogen and oxygen atoms in total. The van der Waals surface area contributed by atoms with Gasteiger partial charge >= 0.3 is 6.18 Å². The Morgan fingerprint density at radius 3 is 2.61 bits per heavy atom. The van der Waals surface area contributed by atoms with Crippen LogP contribution in [0.2, 0.25) is 0 Å². The monoisotopic (exact) mass is 383 g/mol. The molecule has 7 heteroatoms. The number of benzene rings is 2. The maximum absolute atomic E-state index is 12.9. The molecular weight excluding hydrogens is 367 g/mol. The highest BCUT2D eigenvalue weighted by Gasteiger charge is 2.30. The lowest BCUT2D eigenvalue weighted by atomic mass is 10.2. The standard InChI is InChI=1S/C21H16F3N3O/c22-21(23,24)15-5-3-6-16(12-15)26-17-8-10-25-18(13-17)20(28)27-11-9-14-4-1-2-7-19(14)27/h1-8,10,12-13H,9,11H2,(H,25,26). The van der Waals surface area contributed by atoms with Gasteiger partial charge in [0.2, 0.25) is 0 Å². The van der Waals surface area contributed by atoms with Crippen LogP contribution in [-0.2, 0) is 12.6 Å². The largest absolute Gasteiger partial charge is 0.416 e. The molecule has 0 saturated carbocycles. The van der Waals surface area contributed by atoms with Crippen LogP contribution >= 0.6 is 0 Å². The van der Waals surface area contributed by atoms with Crippen molar-refractivity contribution in [2.45, 2.75) is 12.6 Å². The summed E-state index contributed by atoms with van der Waals surface area (Å²) in [7, 11) is 0. The van der Waals surface area contributed by atoms with Crippen molar-refractivity contribution < 1.29 is 18.0 Å². The van der Waals surface area contributed by atoms with Gasteiger partial charge in [-0.25, -0.2) is 0 Å². The molecule has 0 spiro atoms. The van der Waals surface area contributed by atoms with Crippen molar-refractivity contribution in [3.05, 3.63) is 83.7 Å². The summed E-state index contributed by atoms with van der Waals surface area (Å²) in [4.78, 5) is 18.7. The maximum atomic E-state index is 12.9. The number of hydrogen-bond acceptors (Lipinski definition) is 3. The van der Waals surface area contributed by atoms with Crippen LogP contribution in [0, 0.1) is 0 Å². The molecule has 1 aliphatic rings. The molecular formula is C21H16F3N3O. The molecule has 0 fully saturated rings. The first-order valence-electron chi connectivity index (χ1n) is 8.72. The molecule has 2 heterocycles. The number of carbonyl (C=O) groups is 1. The Morgan fingerprint density at radius 2 is 1.79 bits per heavy atom. The Balaban J connectivity index is 1.57. The minimum absolute atomic E-state index is 0.230. The van der Waals surface area contributed by atoms with Crippen molar-refractivity contribution in [3.63, 3.8) is 0 Å². The molecule has 1 amide bonds. The molecule has 0 aliphatic carbocycles. The van der Waals surface area contributed by atoms with Gasteiger partial charge in [0.05, 0.1) is 5.56 Å². The quantitative estimate of drug-likeness (QED) is 0.689. The van der Waals surface area contributed by atoms with Gasteiger partial charge in [-0.15, -0.1) is 0 Å². The average molecular weight is 383 g/mol. The Hall–Kier alpha value is -3.35. The van der Waals surface area contributed by atoms with Crippen LogP contribution in [0.4, 0.5) is 30.2 Å². The number of rotatable bonds is 3. The van der Waals surface area contributed by atoms with E-state index in [2.05, 4.69) is 10.3 Å². The Labute approximate surface area is 159 Å². The lowest BCUT2D eigenvalue weighted by molar-refractivity contribution is -0.137. The summed E-state index contributed by atoms with van der Waals surface area (Å²) in [5.74, 6) is -0.238. The smallest absolute Gasteiger partial charge is 0.355 e. The lowest BCUT2D eigenvalue weighted by Gasteiger charge is -2.17. The summed E-state index contributed by atoms with van der Waals surface area (Å²) in [6, 6.07) is 15.8. The topological polar surface area (TPSA) is 45.2 Å². The highest BCUT2D eigenvalue weighted by molar-refractivity contribution is 6.06. The summed E-state index contributed by atoms with van der Waals surface area (Å²) >= 11 is 0. The van der Waals surface area contributed by atoms with Crippen LogP contribution in [-0.4, -0.2) is 17.4 Å². The predicted octanol–water partition coefficient (Wildman–Crippen LogP) is 5.05. The first kappa shape index (κ1) is 18.0. The van der Waals surface area contributed by atoms with E-state index < -0.39 is 11.7 Å². The number of anilines is 3. The number of para-hydroxylation sites is 1. The molecule has 0 atom stereocenters. The number of hydrogen-bond donors (Lipinski definition) is 1. The van der Waals surface area contributed by atoms with Gasteiger partial charge < -0.3 is 10.2 Å². The minimum Gasteiger partial charge on any atom is -0.355 e. The van der Waals surface area contributed by atoms with Crippen LogP contribution in [0.25, 0.3) is 0 Å². The Morgan fingerprint density at radius 1 is 1.00 bits per heavy atom. The van der Waals surface area contributed by atoms with E-state index in [1.807, 2.05) is 24.3 Å². The molecule has 1 N–H and O–H groups in total. The van der Waals surface area contributed by atoms with E-state index in [1.165, 1.54) is 18.3 Å². The molecule has 4 rings (SSSR count). The fourth-order valence-electron chi connectivity index (χ4n) is 3.25. The SMILES string of the molecule is O=C(c1cc(Nc2cccc(C(F)(F)F)c2)ccn1)N1CCc2ccccc21. The average Bonchev–Trinajstić information content (AvgIpc) is 3.11. The first-order chi connectivity index (χ1) is 13.4. The van der Waals surface area contributed by atoms with Crippen LogP contribution in [0.5, 0.6) is 0 Å². The van der Waals surface area contributed by atoms with Crippen molar-refractivity contribution in [2.24, 2.45) is 0 Å². The number of fused-ring (bicyclic) bond motifs is 1. The summed E-state index contributed by atoms with van der Waals surface area (Å²) < 4.78 is 38.6. The Bertz CT molecular complexity index is 1030. The molecule has 3 aromatic rings. The fourth-order valence-corrected chi connectivity index (χ4v) is 3.25. The molecule has 1 aliphatic heterocycles. The van der Waals surface area contributed by atoms with Gasteiger partial charge in [-0.3, -0.25) is 9.78 Å². The second-order valence-electron chi connectivity index (χ2n) is 6.47. The molecule has 0 saturated heterocycles. The number of amides is 1. The van der Waals surface area contributed by atoms with E-state index in [4.69, 9.17) is 0 Å². The van der Waals surface area contributed by atoms with E-state index >= 15 is 0 Å². The van der Waals surface area contributed by atoms with Crippen LogP contribution in [0.3, 0.4) is 0 Å². The van der Waals surface area contributed by atoms with E-state index in [9.17, 15) is 18.0 Å². The highest BCUT2D eigenvalue weighted by Crippen LogP contribution is 2.32. The number of nitrogens with one attached hydrogen (secondary N) is 1. The lowest BCUT2D eigenvalue weighted by Crippen LogP contribution is -2.29. The molecule has 142 valence electrons. The second kappa shape index (κ2) is 6.99. The van der Waals surface area contributed by atoms with Gasteiger partial charge in [0.25, 0.3) is 5.91 Å². The zero-order chi connectivity index (χ0) is 19.7. The maximum Gasteiger partial charge on any atom is 0.416 e. The van der Waals surface area contributed by atoms with Gasteiger partial charge in [0.15, 0.2) is 0 Å². The van der Waals surface area contributed by atoms with E-state index in [-0.39, 0.29) is 17.3 Å². The summed E-state index contributed by atoms with van der Waals surface area (Å²) in [5, 5.41) is 2.91. The molecule has 28 heavy (non-hydrogen) atoms. The molecule has 2 aromatic carbocycles. The third-order valence-electron chi connectivity index (χ3n) is 4.59. The van der Waals surface area contributed by atoms with Crippen molar-refractivity contribution in [2.75, 3.05) is 16.8 Å². The minimum atomic E-state index is -4.42. The van der Waals surface area contributed by atoms with Crippen molar-refractivity contribution in [3.8, 4) is 0 Å². The predicted molar refractivity (Wildman–Crippen MR) is 101 cm³/mol. The zero-order valence-corrected chi connectivity index (χ0v) is 14.7. The van der Waals surface area contributed by atoms with Crippen molar-refractivity contribution in [1.29, 1.82) is 0 Å². The first-order valence-corrected chi connectivity index (χ1v) is 8.72. The van der Waals surface area contributed by atoms with Crippen LogP contribution < -0.4 is 10.2 Å². The molecule has 0 bridgehead atoms. The number of alkyl halides is 3. The van der Waals surface area contributed by atoms with Gasteiger partial charge in [0, 0.05) is 29.8 Å². The molecule has 1 aromatic heterocycles. The third-order valence-corrected chi connectivity index (χ3v) is 4.59. The van der Waals surface area contributed by atoms with E-state index in [1.54, 1.807) is 17.0 Å². The summed E-state index contributed by atoms with van der Waals surface area (Å²) in [6.07, 6.45) is -2.17. The van der Waals surface area contributed by atoms with Crippen LogP contribution in [0.1, 0.15) is 21.6 Å². The van der Waals surface area contributed by atoms with E-state index in [0.717, 1.165) is 29.8 Å². The summed E-state index contributed by atoms with van der Waals surface area (Å²) in [5.41, 5.74) is 2.24. The van der Waals surface area contributed by atoms with Gasteiger partial charge in [-0.05, 0) is 48.4 Å². The number of aromatic nitrogens is 1. The number of nitrogens with zero attached hydrogens (tertiary/aromatic N) is 2. The van der Waals surface area contributed by atoms with Crippen molar-refractivity contribution >= 4 is 23.0 Å². The number of halogens is 3.